The van der Waals surface area contributed by atoms with Gasteiger partial charge in [-0.05, 0) is 34.6 Å². The third-order valence-electron chi connectivity index (χ3n) is 3.26. The van der Waals surface area contributed by atoms with Crippen molar-refractivity contribution >= 4 is 39.2 Å². The van der Waals surface area contributed by atoms with Crippen molar-refractivity contribution in [3.63, 3.8) is 0 Å². The maximum absolute atomic E-state index is 5.42. The molecule has 1 aromatic heterocycles. The summed E-state index contributed by atoms with van der Waals surface area (Å²) in [4.78, 5) is 13.1. The summed E-state index contributed by atoms with van der Waals surface area (Å²) in [6.45, 7) is 6.77. The fourth-order valence-electron chi connectivity index (χ4n) is 2.06. The summed E-state index contributed by atoms with van der Waals surface area (Å²) in [7, 11) is 0. The number of thiocarbonyl (C=S) groups is 1. The van der Waals surface area contributed by atoms with Gasteiger partial charge in [0.25, 0.3) is 0 Å². The summed E-state index contributed by atoms with van der Waals surface area (Å²) >= 11 is 8.77. The Labute approximate surface area is 133 Å². The molecule has 1 aliphatic rings. The molecule has 0 bridgehead atoms. The average Bonchev–Trinajstić information content (AvgIpc) is 2.48. The van der Waals surface area contributed by atoms with Gasteiger partial charge in [-0.2, -0.15) is 0 Å². The molecule has 1 fully saturated rings. The summed E-state index contributed by atoms with van der Waals surface area (Å²) in [5, 5.41) is 4.19. The summed E-state index contributed by atoms with van der Waals surface area (Å²) in [6.07, 6.45) is 5.91. The van der Waals surface area contributed by atoms with E-state index in [9.17, 15) is 0 Å². The van der Waals surface area contributed by atoms with Crippen LogP contribution in [0.4, 0.5) is 5.95 Å². The van der Waals surface area contributed by atoms with E-state index in [-0.39, 0.29) is 0 Å². The van der Waals surface area contributed by atoms with Crippen LogP contribution < -0.4 is 10.2 Å². The van der Waals surface area contributed by atoms with Crippen LogP contribution >= 0.6 is 28.1 Å². The lowest BCUT2D eigenvalue weighted by Gasteiger charge is -2.36. The highest BCUT2D eigenvalue weighted by Crippen LogP contribution is 2.13. The van der Waals surface area contributed by atoms with E-state index in [0.29, 0.717) is 0 Å². The van der Waals surface area contributed by atoms with Crippen LogP contribution in [0.25, 0.3) is 0 Å². The molecule has 5 nitrogen and oxygen atoms in total. The molecular weight excluding hydrogens is 338 g/mol. The van der Waals surface area contributed by atoms with Gasteiger partial charge >= 0.3 is 0 Å². The van der Waals surface area contributed by atoms with Gasteiger partial charge in [0.1, 0.15) is 0 Å². The average molecular weight is 358 g/mol. The van der Waals surface area contributed by atoms with Crippen molar-refractivity contribution < 1.29 is 0 Å². The zero-order chi connectivity index (χ0) is 14.4. The number of unbranched alkanes of at least 4 members (excludes halogenated alkanes) is 1. The van der Waals surface area contributed by atoms with E-state index in [0.717, 1.165) is 54.7 Å². The van der Waals surface area contributed by atoms with Crippen LogP contribution in [0.15, 0.2) is 16.9 Å². The van der Waals surface area contributed by atoms with Gasteiger partial charge in [-0.1, -0.05) is 13.3 Å². The number of anilines is 1. The van der Waals surface area contributed by atoms with Gasteiger partial charge in [-0.15, -0.1) is 0 Å². The Morgan fingerprint density at radius 3 is 2.55 bits per heavy atom. The molecule has 20 heavy (non-hydrogen) atoms. The maximum atomic E-state index is 5.42. The summed E-state index contributed by atoms with van der Waals surface area (Å²) < 4.78 is 0.904. The highest BCUT2D eigenvalue weighted by Gasteiger charge is 2.20. The number of halogens is 1. The SMILES string of the molecule is CCCCNC(=S)N1CCN(c2ncc(Br)cn2)CC1. The molecule has 0 saturated carbocycles. The molecule has 110 valence electrons. The van der Waals surface area contributed by atoms with Crippen LogP contribution in [0, 0.1) is 0 Å². The molecule has 0 radical (unpaired) electrons. The predicted octanol–water partition coefficient (Wildman–Crippen LogP) is 2.04. The normalized spacial score (nSPS) is 15.3. The lowest BCUT2D eigenvalue weighted by molar-refractivity contribution is 0.377. The molecule has 1 aromatic rings. The summed E-state index contributed by atoms with van der Waals surface area (Å²) in [5.74, 6) is 0.790. The molecule has 1 aliphatic heterocycles. The molecule has 2 rings (SSSR count). The molecule has 0 spiro atoms. The van der Waals surface area contributed by atoms with E-state index >= 15 is 0 Å². The maximum Gasteiger partial charge on any atom is 0.225 e. The second-order valence-corrected chi connectivity index (χ2v) is 6.06. The first-order valence-corrected chi connectivity index (χ1v) is 8.16. The fourth-order valence-corrected chi connectivity index (χ4v) is 2.55. The standard InChI is InChI=1S/C13H20BrN5S/c1-2-3-4-15-13(20)19-7-5-18(6-8-19)12-16-9-11(14)10-17-12/h9-10H,2-8H2,1H3,(H,15,20). The van der Waals surface area contributed by atoms with Crippen molar-refractivity contribution in [3.05, 3.63) is 16.9 Å². The van der Waals surface area contributed by atoms with Gasteiger partial charge in [0.2, 0.25) is 5.95 Å². The van der Waals surface area contributed by atoms with Crippen LogP contribution in [-0.4, -0.2) is 52.7 Å². The van der Waals surface area contributed by atoms with E-state index < -0.39 is 0 Å². The molecule has 0 atom stereocenters. The number of hydrogen-bond acceptors (Lipinski definition) is 4. The van der Waals surface area contributed by atoms with Gasteiger partial charge < -0.3 is 15.1 Å². The number of hydrogen-bond donors (Lipinski definition) is 1. The Morgan fingerprint density at radius 2 is 1.95 bits per heavy atom. The number of nitrogens with zero attached hydrogens (tertiary/aromatic N) is 4. The Morgan fingerprint density at radius 1 is 1.30 bits per heavy atom. The Hall–Kier alpha value is -0.950. The first kappa shape index (κ1) is 15.4. The Balaban J connectivity index is 1.80. The zero-order valence-corrected chi connectivity index (χ0v) is 14.1. The highest BCUT2D eigenvalue weighted by molar-refractivity contribution is 9.10. The zero-order valence-electron chi connectivity index (χ0n) is 11.7. The van der Waals surface area contributed by atoms with Gasteiger partial charge in [0.15, 0.2) is 5.11 Å². The van der Waals surface area contributed by atoms with E-state index in [1.165, 1.54) is 6.42 Å². The molecule has 1 saturated heterocycles. The molecular formula is C13H20BrN5S. The summed E-state index contributed by atoms with van der Waals surface area (Å²) in [6, 6.07) is 0. The topological polar surface area (TPSA) is 44.3 Å². The number of piperazine rings is 1. The first-order valence-electron chi connectivity index (χ1n) is 6.96. The van der Waals surface area contributed by atoms with E-state index in [2.05, 4.69) is 47.9 Å². The van der Waals surface area contributed by atoms with Gasteiger partial charge in [-0.25, -0.2) is 9.97 Å². The fraction of sp³-hybridized carbons (Fsp3) is 0.615. The van der Waals surface area contributed by atoms with E-state index in [1.54, 1.807) is 12.4 Å². The molecule has 0 unspecified atom stereocenters. The molecule has 2 heterocycles. The molecule has 0 amide bonds. The third-order valence-corrected chi connectivity index (χ3v) is 4.08. The van der Waals surface area contributed by atoms with Crippen molar-refractivity contribution in [1.82, 2.24) is 20.2 Å². The number of rotatable bonds is 4. The summed E-state index contributed by atoms with van der Waals surface area (Å²) in [5.41, 5.74) is 0. The molecule has 0 aromatic carbocycles. The van der Waals surface area contributed by atoms with Crippen molar-refractivity contribution in [3.8, 4) is 0 Å². The van der Waals surface area contributed by atoms with E-state index in [1.807, 2.05) is 0 Å². The molecule has 7 heteroatoms. The minimum Gasteiger partial charge on any atom is -0.363 e. The second-order valence-electron chi connectivity index (χ2n) is 4.76. The van der Waals surface area contributed by atoms with Crippen LogP contribution in [-0.2, 0) is 0 Å². The van der Waals surface area contributed by atoms with Crippen LogP contribution in [0.2, 0.25) is 0 Å². The lowest BCUT2D eigenvalue weighted by Crippen LogP contribution is -2.52. The minimum atomic E-state index is 0.790. The predicted molar refractivity (Wildman–Crippen MR) is 89.0 cm³/mol. The highest BCUT2D eigenvalue weighted by atomic mass is 79.9. The van der Waals surface area contributed by atoms with Crippen LogP contribution in [0.1, 0.15) is 19.8 Å². The third kappa shape index (κ3) is 4.28. The smallest absolute Gasteiger partial charge is 0.225 e. The molecule has 0 aliphatic carbocycles. The lowest BCUT2D eigenvalue weighted by atomic mass is 10.3. The largest absolute Gasteiger partial charge is 0.363 e. The first-order chi connectivity index (χ1) is 9.70. The monoisotopic (exact) mass is 357 g/mol. The Bertz CT molecular complexity index is 431. The number of nitrogens with one attached hydrogen (secondary N) is 1. The van der Waals surface area contributed by atoms with Crippen molar-refractivity contribution in [2.75, 3.05) is 37.6 Å². The quantitative estimate of drug-likeness (QED) is 0.657. The Kier molecular flexibility index (Phi) is 5.97. The van der Waals surface area contributed by atoms with E-state index in [4.69, 9.17) is 12.2 Å². The van der Waals surface area contributed by atoms with Crippen LogP contribution in [0.5, 0.6) is 0 Å². The minimum absolute atomic E-state index is 0.790. The number of aromatic nitrogens is 2. The van der Waals surface area contributed by atoms with Gasteiger partial charge in [0.05, 0.1) is 4.47 Å². The van der Waals surface area contributed by atoms with Gasteiger partial charge in [0, 0.05) is 45.1 Å². The van der Waals surface area contributed by atoms with Crippen molar-refractivity contribution in [2.24, 2.45) is 0 Å². The van der Waals surface area contributed by atoms with Crippen LogP contribution in [0.3, 0.4) is 0 Å². The second kappa shape index (κ2) is 7.73. The molecule has 1 N–H and O–H groups in total. The van der Waals surface area contributed by atoms with Crippen molar-refractivity contribution in [2.45, 2.75) is 19.8 Å². The van der Waals surface area contributed by atoms with Crippen molar-refractivity contribution in [1.29, 1.82) is 0 Å². The van der Waals surface area contributed by atoms with Gasteiger partial charge in [-0.3, -0.25) is 0 Å².